The van der Waals surface area contributed by atoms with E-state index in [9.17, 15) is 4.79 Å². The fraction of sp³-hybridized carbons (Fsp3) is 0.933. The molecule has 2 heteroatoms. The number of carboxylic acid groups (broad SMARTS) is 1. The monoisotopic (exact) mass is 238 g/mol. The van der Waals surface area contributed by atoms with Crippen molar-refractivity contribution in [3.63, 3.8) is 0 Å². The topological polar surface area (TPSA) is 37.3 Å². The molecule has 2 aliphatic carbocycles. The summed E-state index contributed by atoms with van der Waals surface area (Å²) in [6, 6.07) is 0. The molecule has 17 heavy (non-hydrogen) atoms. The first-order chi connectivity index (χ1) is 8.16. The van der Waals surface area contributed by atoms with E-state index in [0.717, 1.165) is 43.4 Å². The zero-order valence-electron chi connectivity index (χ0n) is 11.0. The Morgan fingerprint density at radius 3 is 2.12 bits per heavy atom. The Balaban J connectivity index is 1.84. The van der Waals surface area contributed by atoms with Crippen molar-refractivity contribution in [2.75, 3.05) is 0 Å². The van der Waals surface area contributed by atoms with Crippen LogP contribution in [0.1, 0.15) is 64.7 Å². The van der Waals surface area contributed by atoms with Gasteiger partial charge in [-0.25, -0.2) is 0 Å². The van der Waals surface area contributed by atoms with Crippen molar-refractivity contribution in [1.29, 1.82) is 0 Å². The fourth-order valence-electron chi connectivity index (χ4n) is 3.81. The lowest BCUT2D eigenvalue weighted by molar-refractivity contribution is -0.142. The van der Waals surface area contributed by atoms with Crippen LogP contribution in [0, 0.1) is 23.7 Å². The smallest absolute Gasteiger partial charge is 0.306 e. The maximum atomic E-state index is 11.0. The van der Waals surface area contributed by atoms with E-state index in [1.165, 1.54) is 32.1 Å². The minimum atomic E-state index is -0.567. The highest BCUT2D eigenvalue weighted by Crippen LogP contribution is 2.40. The van der Waals surface area contributed by atoms with Crippen LogP contribution in [-0.2, 0) is 4.79 Å². The first-order valence-electron chi connectivity index (χ1n) is 7.39. The first-order valence-corrected chi connectivity index (χ1v) is 7.39. The first kappa shape index (κ1) is 12.9. The molecule has 0 aromatic heterocycles. The Labute approximate surface area is 105 Å². The summed E-state index contributed by atoms with van der Waals surface area (Å²) >= 11 is 0. The van der Waals surface area contributed by atoms with Gasteiger partial charge in [0.2, 0.25) is 0 Å². The molecule has 2 unspecified atom stereocenters. The normalized spacial score (nSPS) is 39.6. The van der Waals surface area contributed by atoms with Gasteiger partial charge in [0, 0.05) is 0 Å². The molecule has 0 radical (unpaired) electrons. The van der Waals surface area contributed by atoms with Crippen LogP contribution >= 0.6 is 0 Å². The Morgan fingerprint density at radius 2 is 1.47 bits per heavy atom. The van der Waals surface area contributed by atoms with Gasteiger partial charge in [-0.1, -0.05) is 32.6 Å². The highest BCUT2D eigenvalue weighted by Gasteiger charge is 2.30. The third kappa shape index (κ3) is 3.46. The van der Waals surface area contributed by atoms with Gasteiger partial charge in [-0.3, -0.25) is 4.79 Å². The summed E-state index contributed by atoms with van der Waals surface area (Å²) in [5.74, 6) is 2.03. The Kier molecular flexibility index (Phi) is 4.47. The molecule has 0 saturated heterocycles. The number of hydrogen-bond acceptors (Lipinski definition) is 1. The van der Waals surface area contributed by atoms with E-state index < -0.39 is 5.97 Å². The predicted octanol–water partition coefficient (Wildman–Crippen LogP) is 4.09. The molecular formula is C15H26O2. The molecule has 98 valence electrons. The molecule has 2 atom stereocenters. The van der Waals surface area contributed by atoms with E-state index in [1.54, 1.807) is 0 Å². The molecular weight excluding hydrogens is 212 g/mol. The summed E-state index contributed by atoms with van der Waals surface area (Å²) in [7, 11) is 0. The van der Waals surface area contributed by atoms with Crippen LogP contribution in [-0.4, -0.2) is 11.1 Å². The second kappa shape index (κ2) is 5.88. The molecule has 0 aliphatic heterocycles. The van der Waals surface area contributed by atoms with Gasteiger partial charge in [0.15, 0.2) is 0 Å². The molecule has 0 aromatic rings. The molecule has 0 aromatic carbocycles. The molecule has 0 amide bonds. The molecule has 2 saturated carbocycles. The summed E-state index contributed by atoms with van der Waals surface area (Å²) in [5, 5.41) is 9.09. The number of carboxylic acids is 1. The van der Waals surface area contributed by atoms with Gasteiger partial charge in [-0.15, -0.1) is 0 Å². The van der Waals surface area contributed by atoms with Crippen molar-refractivity contribution in [2.24, 2.45) is 23.7 Å². The van der Waals surface area contributed by atoms with Gasteiger partial charge in [0.05, 0.1) is 5.92 Å². The molecule has 2 aliphatic rings. The Morgan fingerprint density at radius 1 is 0.882 bits per heavy atom. The van der Waals surface area contributed by atoms with Crippen LogP contribution in [0.5, 0.6) is 0 Å². The molecule has 2 fully saturated rings. The SMILES string of the molecule is CC1CCC(C2CCCC(C(=O)O)CC2)CC1. The maximum absolute atomic E-state index is 11.0. The molecule has 0 bridgehead atoms. The van der Waals surface area contributed by atoms with Crippen LogP contribution < -0.4 is 0 Å². The molecule has 2 nitrogen and oxygen atoms in total. The average Bonchev–Trinajstić information content (AvgIpc) is 2.55. The van der Waals surface area contributed by atoms with Crippen molar-refractivity contribution in [2.45, 2.75) is 64.7 Å². The highest BCUT2D eigenvalue weighted by atomic mass is 16.4. The van der Waals surface area contributed by atoms with E-state index in [-0.39, 0.29) is 5.92 Å². The molecule has 0 spiro atoms. The van der Waals surface area contributed by atoms with E-state index in [2.05, 4.69) is 6.92 Å². The third-order valence-electron chi connectivity index (χ3n) is 5.09. The van der Waals surface area contributed by atoms with E-state index >= 15 is 0 Å². The van der Waals surface area contributed by atoms with Gasteiger partial charge in [-0.2, -0.15) is 0 Å². The fourth-order valence-corrected chi connectivity index (χ4v) is 3.81. The zero-order chi connectivity index (χ0) is 12.3. The Bertz CT molecular complexity index is 254. The van der Waals surface area contributed by atoms with Crippen molar-refractivity contribution in [1.82, 2.24) is 0 Å². The zero-order valence-corrected chi connectivity index (χ0v) is 11.0. The van der Waals surface area contributed by atoms with E-state index in [4.69, 9.17) is 5.11 Å². The summed E-state index contributed by atoms with van der Waals surface area (Å²) in [6.07, 6.45) is 11.0. The highest BCUT2D eigenvalue weighted by molar-refractivity contribution is 5.69. The lowest BCUT2D eigenvalue weighted by atomic mass is 9.74. The van der Waals surface area contributed by atoms with Crippen LogP contribution in [0.15, 0.2) is 0 Å². The van der Waals surface area contributed by atoms with Crippen LogP contribution in [0.2, 0.25) is 0 Å². The van der Waals surface area contributed by atoms with Gasteiger partial charge >= 0.3 is 5.97 Å². The van der Waals surface area contributed by atoms with Crippen LogP contribution in [0.4, 0.5) is 0 Å². The standard InChI is InChI=1S/C15H26O2/c1-11-5-7-13(8-6-11)12-3-2-4-14(10-9-12)15(16)17/h11-14H,2-10H2,1H3,(H,16,17). The second-order valence-corrected chi connectivity index (χ2v) is 6.32. The van der Waals surface area contributed by atoms with E-state index in [1.807, 2.05) is 0 Å². The summed E-state index contributed by atoms with van der Waals surface area (Å²) in [5.41, 5.74) is 0. The minimum Gasteiger partial charge on any atom is -0.481 e. The molecule has 1 N–H and O–H groups in total. The predicted molar refractivity (Wildman–Crippen MR) is 68.8 cm³/mol. The summed E-state index contributed by atoms with van der Waals surface area (Å²) in [6.45, 7) is 2.36. The quantitative estimate of drug-likeness (QED) is 0.736. The minimum absolute atomic E-state index is 0.0532. The van der Waals surface area contributed by atoms with Gasteiger partial charge in [0.1, 0.15) is 0 Å². The van der Waals surface area contributed by atoms with Crippen LogP contribution in [0.3, 0.4) is 0 Å². The second-order valence-electron chi connectivity index (χ2n) is 6.32. The van der Waals surface area contributed by atoms with Crippen molar-refractivity contribution < 1.29 is 9.90 Å². The number of aliphatic carboxylic acids is 1. The average molecular weight is 238 g/mol. The lowest BCUT2D eigenvalue weighted by Crippen LogP contribution is -2.21. The third-order valence-corrected chi connectivity index (χ3v) is 5.09. The van der Waals surface area contributed by atoms with E-state index in [0.29, 0.717) is 0 Å². The van der Waals surface area contributed by atoms with Crippen molar-refractivity contribution in [3.8, 4) is 0 Å². The van der Waals surface area contributed by atoms with Gasteiger partial charge in [-0.05, 0) is 49.9 Å². The van der Waals surface area contributed by atoms with Gasteiger partial charge < -0.3 is 5.11 Å². The number of hydrogen-bond donors (Lipinski definition) is 1. The largest absolute Gasteiger partial charge is 0.481 e. The lowest BCUT2D eigenvalue weighted by Gasteiger charge is -2.32. The summed E-state index contributed by atoms with van der Waals surface area (Å²) < 4.78 is 0. The maximum Gasteiger partial charge on any atom is 0.306 e. The Hall–Kier alpha value is -0.530. The molecule has 2 rings (SSSR count). The number of rotatable bonds is 2. The van der Waals surface area contributed by atoms with Crippen LogP contribution in [0.25, 0.3) is 0 Å². The van der Waals surface area contributed by atoms with Gasteiger partial charge in [0.25, 0.3) is 0 Å². The molecule has 0 heterocycles. The van der Waals surface area contributed by atoms with Crippen molar-refractivity contribution >= 4 is 5.97 Å². The van der Waals surface area contributed by atoms with Crippen molar-refractivity contribution in [3.05, 3.63) is 0 Å². The number of carbonyl (C=O) groups is 1. The summed E-state index contributed by atoms with van der Waals surface area (Å²) in [4.78, 5) is 11.0.